The van der Waals surface area contributed by atoms with Crippen molar-refractivity contribution >= 4 is 0 Å². The molecular weight excluding hydrogens is 134 g/mol. The fourth-order valence-electron chi connectivity index (χ4n) is 2.65. The molecule has 2 saturated heterocycles. The topological polar surface area (TPSA) is 3.24 Å². The van der Waals surface area contributed by atoms with Gasteiger partial charge in [0, 0.05) is 12.1 Å². The van der Waals surface area contributed by atoms with Crippen molar-refractivity contribution in [3.63, 3.8) is 0 Å². The van der Waals surface area contributed by atoms with Crippen LogP contribution in [0, 0.1) is 5.92 Å². The summed E-state index contributed by atoms with van der Waals surface area (Å²) in [6.07, 6.45) is 7.71. The molecule has 0 N–H and O–H groups in total. The third-order valence-electron chi connectivity index (χ3n) is 3.47. The zero-order chi connectivity index (χ0) is 7.84. The minimum Gasteiger partial charge on any atom is -0.300 e. The first kappa shape index (κ1) is 7.35. The largest absolute Gasteiger partial charge is 0.300 e. The van der Waals surface area contributed by atoms with Gasteiger partial charge in [-0.1, -0.05) is 6.08 Å². The van der Waals surface area contributed by atoms with Crippen LogP contribution in [0.15, 0.2) is 12.7 Å². The van der Waals surface area contributed by atoms with Crippen molar-refractivity contribution in [3.8, 4) is 0 Å². The maximum absolute atomic E-state index is 3.89. The van der Waals surface area contributed by atoms with Crippen LogP contribution >= 0.6 is 0 Å². The quantitative estimate of drug-likeness (QED) is 0.518. The van der Waals surface area contributed by atoms with Gasteiger partial charge in [0.15, 0.2) is 0 Å². The number of fused-ring (bicyclic) bond motifs is 2. The Labute approximate surface area is 69.1 Å². The highest BCUT2D eigenvalue weighted by atomic mass is 15.2. The second-order valence-corrected chi connectivity index (χ2v) is 4.02. The van der Waals surface area contributed by atoms with E-state index in [4.69, 9.17) is 0 Å². The van der Waals surface area contributed by atoms with Gasteiger partial charge in [-0.3, -0.25) is 0 Å². The molecule has 0 saturated carbocycles. The molecule has 0 aromatic rings. The first-order chi connectivity index (χ1) is 5.31. The molecule has 0 radical (unpaired) electrons. The van der Waals surface area contributed by atoms with Gasteiger partial charge in [-0.05, 0) is 38.6 Å². The van der Waals surface area contributed by atoms with Crippen LogP contribution in [-0.4, -0.2) is 24.0 Å². The summed E-state index contributed by atoms with van der Waals surface area (Å²) < 4.78 is 0. The normalized spacial score (nSPS) is 44.3. The Morgan fingerprint density at radius 2 is 1.82 bits per heavy atom. The fraction of sp³-hybridized carbons (Fsp3) is 0.800. The third kappa shape index (κ3) is 1.12. The molecule has 0 amide bonds. The summed E-state index contributed by atoms with van der Waals surface area (Å²) in [7, 11) is 2.28. The Hall–Kier alpha value is -0.300. The van der Waals surface area contributed by atoms with Gasteiger partial charge in [0.05, 0.1) is 0 Å². The summed E-state index contributed by atoms with van der Waals surface area (Å²) in [6.45, 7) is 3.89. The van der Waals surface area contributed by atoms with E-state index in [-0.39, 0.29) is 0 Å². The third-order valence-corrected chi connectivity index (χ3v) is 3.47. The lowest BCUT2D eigenvalue weighted by molar-refractivity contribution is 0.152. The Morgan fingerprint density at radius 1 is 1.27 bits per heavy atom. The minimum absolute atomic E-state index is 0.809. The van der Waals surface area contributed by atoms with Crippen molar-refractivity contribution in [1.82, 2.24) is 4.90 Å². The maximum atomic E-state index is 3.89. The first-order valence-corrected chi connectivity index (χ1v) is 4.65. The molecule has 11 heavy (non-hydrogen) atoms. The lowest BCUT2D eigenvalue weighted by atomic mass is 9.91. The Kier molecular flexibility index (Phi) is 1.76. The van der Waals surface area contributed by atoms with Gasteiger partial charge >= 0.3 is 0 Å². The number of nitrogens with zero attached hydrogens (tertiary/aromatic N) is 1. The second-order valence-electron chi connectivity index (χ2n) is 4.02. The monoisotopic (exact) mass is 151 g/mol. The predicted octanol–water partition coefficient (Wildman–Crippen LogP) is 2.05. The Bertz CT molecular complexity index is 150. The SMILES string of the molecule is C=CC1CC2CCC(C1)N2C. The number of piperidine rings is 1. The van der Waals surface area contributed by atoms with Gasteiger partial charge < -0.3 is 4.90 Å². The van der Waals surface area contributed by atoms with E-state index in [1.807, 2.05) is 0 Å². The van der Waals surface area contributed by atoms with Crippen molar-refractivity contribution in [2.45, 2.75) is 37.8 Å². The Morgan fingerprint density at radius 3 is 2.27 bits per heavy atom. The van der Waals surface area contributed by atoms with Gasteiger partial charge in [0.2, 0.25) is 0 Å². The summed E-state index contributed by atoms with van der Waals surface area (Å²) in [5, 5.41) is 0. The molecule has 0 aromatic carbocycles. The van der Waals surface area contributed by atoms with Crippen molar-refractivity contribution < 1.29 is 0 Å². The van der Waals surface area contributed by atoms with Gasteiger partial charge in [0.1, 0.15) is 0 Å². The molecule has 2 heterocycles. The van der Waals surface area contributed by atoms with Gasteiger partial charge in [0.25, 0.3) is 0 Å². The van der Waals surface area contributed by atoms with E-state index in [1.165, 1.54) is 25.7 Å². The summed E-state index contributed by atoms with van der Waals surface area (Å²) in [5.41, 5.74) is 0. The zero-order valence-corrected chi connectivity index (χ0v) is 7.29. The molecule has 1 heteroatoms. The zero-order valence-electron chi connectivity index (χ0n) is 7.29. The van der Waals surface area contributed by atoms with Gasteiger partial charge in [-0.2, -0.15) is 0 Å². The maximum Gasteiger partial charge on any atom is 0.0101 e. The number of hydrogen-bond acceptors (Lipinski definition) is 1. The van der Waals surface area contributed by atoms with E-state index >= 15 is 0 Å². The van der Waals surface area contributed by atoms with Crippen LogP contribution in [-0.2, 0) is 0 Å². The summed E-state index contributed by atoms with van der Waals surface area (Å²) in [6, 6.07) is 1.74. The molecule has 2 rings (SSSR count). The van der Waals surface area contributed by atoms with Crippen LogP contribution in [0.25, 0.3) is 0 Å². The highest BCUT2D eigenvalue weighted by molar-refractivity contribution is 4.97. The first-order valence-electron chi connectivity index (χ1n) is 4.65. The van der Waals surface area contributed by atoms with Gasteiger partial charge in [-0.15, -0.1) is 6.58 Å². The smallest absolute Gasteiger partial charge is 0.0101 e. The molecule has 2 atom stereocenters. The minimum atomic E-state index is 0.809. The van der Waals surface area contributed by atoms with Crippen LogP contribution in [0.4, 0.5) is 0 Å². The van der Waals surface area contributed by atoms with Crippen LogP contribution in [0.2, 0.25) is 0 Å². The van der Waals surface area contributed by atoms with E-state index in [1.54, 1.807) is 0 Å². The Balaban J connectivity index is 2.07. The highest BCUT2D eigenvalue weighted by Crippen LogP contribution is 2.37. The lowest BCUT2D eigenvalue weighted by Gasteiger charge is -2.34. The molecule has 2 fully saturated rings. The van der Waals surface area contributed by atoms with E-state index in [0.29, 0.717) is 0 Å². The van der Waals surface area contributed by atoms with Crippen molar-refractivity contribution in [2.24, 2.45) is 5.92 Å². The number of hydrogen-bond donors (Lipinski definition) is 0. The average Bonchev–Trinajstić information content (AvgIpc) is 2.26. The average molecular weight is 151 g/mol. The van der Waals surface area contributed by atoms with Crippen LogP contribution in [0.3, 0.4) is 0 Å². The van der Waals surface area contributed by atoms with Crippen LogP contribution < -0.4 is 0 Å². The lowest BCUT2D eigenvalue weighted by Crippen LogP contribution is -2.39. The molecule has 0 aliphatic carbocycles. The van der Waals surface area contributed by atoms with E-state index in [9.17, 15) is 0 Å². The van der Waals surface area contributed by atoms with Crippen molar-refractivity contribution in [2.75, 3.05) is 7.05 Å². The fourth-order valence-corrected chi connectivity index (χ4v) is 2.65. The molecule has 2 aliphatic heterocycles. The van der Waals surface area contributed by atoms with Gasteiger partial charge in [-0.25, -0.2) is 0 Å². The molecule has 0 aromatic heterocycles. The highest BCUT2D eigenvalue weighted by Gasteiger charge is 2.36. The van der Waals surface area contributed by atoms with Crippen molar-refractivity contribution in [3.05, 3.63) is 12.7 Å². The summed E-state index contributed by atoms with van der Waals surface area (Å²) in [4.78, 5) is 2.57. The number of allylic oxidation sites excluding steroid dienone is 1. The second kappa shape index (κ2) is 2.63. The van der Waals surface area contributed by atoms with Crippen LogP contribution in [0.1, 0.15) is 25.7 Å². The molecule has 2 unspecified atom stereocenters. The van der Waals surface area contributed by atoms with Crippen LogP contribution in [0.5, 0.6) is 0 Å². The summed E-state index contributed by atoms with van der Waals surface area (Å²) in [5.74, 6) is 0.809. The molecule has 2 aliphatic rings. The molecule has 62 valence electrons. The molecular formula is C10H17N. The van der Waals surface area contributed by atoms with Crippen molar-refractivity contribution in [1.29, 1.82) is 0 Å². The summed E-state index contributed by atoms with van der Waals surface area (Å²) >= 11 is 0. The molecule has 2 bridgehead atoms. The standard InChI is InChI=1S/C10H17N/c1-3-8-6-9-4-5-10(7-8)11(9)2/h3,8-10H,1,4-7H2,2H3. The molecule has 0 spiro atoms. The van der Waals surface area contributed by atoms with E-state index < -0.39 is 0 Å². The molecule has 1 nitrogen and oxygen atoms in total. The van der Waals surface area contributed by atoms with E-state index in [0.717, 1.165) is 18.0 Å². The predicted molar refractivity (Wildman–Crippen MR) is 47.5 cm³/mol. The van der Waals surface area contributed by atoms with E-state index in [2.05, 4.69) is 24.6 Å². The number of rotatable bonds is 1.